The van der Waals surface area contributed by atoms with Crippen LogP contribution in [-0.2, 0) is 0 Å². The molecule has 0 saturated carbocycles. The number of H-pyrrole nitrogens is 1. The second-order valence-electron chi connectivity index (χ2n) is 5.20. The van der Waals surface area contributed by atoms with Crippen LogP contribution < -0.4 is 0 Å². The topological polar surface area (TPSA) is 15.8 Å². The Balaban J connectivity index is 2.10. The molecule has 0 spiro atoms. The number of nitrogens with one attached hydrogen (secondary N) is 1. The van der Waals surface area contributed by atoms with Crippen LogP contribution in [0.5, 0.6) is 0 Å². The van der Waals surface area contributed by atoms with E-state index in [0.29, 0.717) is 0 Å². The summed E-state index contributed by atoms with van der Waals surface area (Å²) >= 11 is 0. The molecule has 0 radical (unpaired) electrons. The summed E-state index contributed by atoms with van der Waals surface area (Å²) in [4.78, 5) is 3.62. The van der Waals surface area contributed by atoms with Crippen molar-refractivity contribution in [3.05, 3.63) is 72.3 Å². The van der Waals surface area contributed by atoms with Gasteiger partial charge in [-0.15, -0.1) is 0 Å². The smallest absolute Gasteiger partial charge is 0.0541 e. The minimum atomic E-state index is 1.22. The molecule has 0 amide bonds. The third-order valence-electron chi connectivity index (χ3n) is 4.02. The van der Waals surface area contributed by atoms with Gasteiger partial charge in [-0.1, -0.05) is 66.7 Å². The first kappa shape index (κ1) is 11.3. The lowest BCUT2D eigenvalue weighted by atomic mass is 10.0. The van der Waals surface area contributed by atoms with Crippen molar-refractivity contribution in [1.29, 1.82) is 0 Å². The average molecular weight is 257 g/mol. The lowest BCUT2D eigenvalue weighted by Crippen LogP contribution is -1.78. The zero-order valence-electron chi connectivity index (χ0n) is 11.4. The first-order chi connectivity index (χ1) is 9.84. The van der Waals surface area contributed by atoms with Gasteiger partial charge >= 0.3 is 0 Å². The normalized spacial score (nSPS) is 11.2. The molecule has 1 nitrogen and oxygen atoms in total. The number of hydrogen-bond acceptors (Lipinski definition) is 0. The number of rotatable bonds is 1. The van der Waals surface area contributed by atoms with Crippen molar-refractivity contribution >= 4 is 21.7 Å². The van der Waals surface area contributed by atoms with Crippen LogP contribution in [-0.4, -0.2) is 4.98 Å². The number of aryl methyl sites for hydroxylation is 1. The first-order valence-electron chi connectivity index (χ1n) is 6.90. The third-order valence-corrected chi connectivity index (χ3v) is 4.02. The maximum absolute atomic E-state index is 3.62. The maximum Gasteiger partial charge on any atom is 0.0541 e. The molecule has 0 bridgehead atoms. The first-order valence-corrected chi connectivity index (χ1v) is 6.90. The number of aromatic nitrogens is 1. The Morgan fingerprint density at radius 2 is 1.45 bits per heavy atom. The molecule has 0 aliphatic heterocycles. The average Bonchev–Trinajstić information content (AvgIpc) is 2.86. The van der Waals surface area contributed by atoms with Gasteiger partial charge in [-0.2, -0.15) is 0 Å². The summed E-state index contributed by atoms with van der Waals surface area (Å²) in [6.07, 6.45) is 0. The zero-order chi connectivity index (χ0) is 13.5. The Labute approximate surface area is 117 Å². The van der Waals surface area contributed by atoms with Crippen molar-refractivity contribution in [2.24, 2.45) is 0 Å². The van der Waals surface area contributed by atoms with Crippen molar-refractivity contribution in [2.75, 3.05) is 0 Å². The monoisotopic (exact) mass is 257 g/mol. The van der Waals surface area contributed by atoms with Crippen LogP contribution in [0.4, 0.5) is 0 Å². The summed E-state index contributed by atoms with van der Waals surface area (Å²) in [5.41, 5.74) is 5.01. The van der Waals surface area contributed by atoms with E-state index in [2.05, 4.69) is 78.6 Å². The van der Waals surface area contributed by atoms with E-state index in [1.807, 2.05) is 0 Å². The van der Waals surface area contributed by atoms with Crippen LogP contribution in [0.25, 0.3) is 32.9 Å². The fourth-order valence-electron chi connectivity index (χ4n) is 2.97. The van der Waals surface area contributed by atoms with Crippen molar-refractivity contribution in [2.45, 2.75) is 6.92 Å². The predicted molar refractivity (Wildman–Crippen MR) is 86.0 cm³/mol. The molecule has 4 rings (SSSR count). The fraction of sp³-hybridized carbons (Fsp3) is 0.0526. The molecule has 0 aliphatic rings. The molecule has 1 heterocycles. The van der Waals surface area contributed by atoms with Gasteiger partial charge < -0.3 is 4.98 Å². The molecule has 0 atom stereocenters. The molecule has 4 aromatic rings. The molecule has 0 aliphatic carbocycles. The lowest BCUT2D eigenvalue weighted by Gasteiger charge is -1.99. The Bertz CT molecular complexity index is 901. The van der Waals surface area contributed by atoms with E-state index < -0.39 is 0 Å². The van der Waals surface area contributed by atoms with E-state index in [1.165, 1.54) is 38.5 Å². The van der Waals surface area contributed by atoms with Gasteiger partial charge in [-0.3, -0.25) is 0 Å². The summed E-state index contributed by atoms with van der Waals surface area (Å²) in [6, 6.07) is 23.5. The van der Waals surface area contributed by atoms with Gasteiger partial charge in [0.1, 0.15) is 0 Å². The van der Waals surface area contributed by atoms with E-state index >= 15 is 0 Å². The summed E-state index contributed by atoms with van der Waals surface area (Å²) in [6.45, 7) is 2.19. The molecule has 0 fully saturated rings. The molecule has 1 N–H and O–H groups in total. The van der Waals surface area contributed by atoms with Gasteiger partial charge in [-0.05, 0) is 23.4 Å². The highest BCUT2D eigenvalue weighted by Crippen LogP contribution is 2.33. The van der Waals surface area contributed by atoms with E-state index in [9.17, 15) is 0 Å². The van der Waals surface area contributed by atoms with Crippen LogP contribution >= 0.6 is 0 Å². The minimum absolute atomic E-state index is 1.22. The van der Waals surface area contributed by atoms with E-state index in [4.69, 9.17) is 0 Å². The van der Waals surface area contributed by atoms with E-state index in [1.54, 1.807) is 0 Å². The zero-order valence-corrected chi connectivity index (χ0v) is 11.4. The summed E-state index contributed by atoms with van der Waals surface area (Å²) in [5.74, 6) is 0. The quantitative estimate of drug-likeness (QED) is 0.476. The standard InChI is InChI=1S/C19H15N/c1-13-16-12-11-14-7-5-6-10-17(14)19(16)20-18(13)15-8-3-2-4-9-15/h2-12,20H,1H3. The summed E-state index contributed by atoms with van der Waals surface area (Å²) < 4.78 is 0. The van der Waals surface area contributed by atoms with E-state index in [0.717, 1.165) is 0 Å². The van der Waals surface area contributed by atoms with Gasteiger partial charge in [0.2, 0.25) is 0 Å². The van der Waals surface area contributed by atoms with Gasteiger partial charge in [0, 0.05) is 16.5 Å². The Hall–Kier alpha value is -2.54. The van der Waals surface area contributed by atoms with Crippen LogP contribution in [0.2, 0.25) is 0 Å². The Morgan fingerprint density at radius 3 is 2.30 bits per heavy atom. The predicted octanol–water partition coefficient (Wildman–Crippen LogP) is 5.30. The van der Waals surface area contributed by atoms with Crippen LogP contribution in [0.1, 0.15) is 5.56 Å². The number of aromatic amines is 1. The molecule has 0 unspecified atom stereocenters. The van der Waals surface area contributed by atoms with Crippen LogP contribution in [0, 0.1) is 6.92 Å². The molecular formula is C19H15N. The van der Waals surface area contributed by atoms with E-state index in [-0.39, 0.29) is 0 Å². The van der Waals surface area contributed by atoms with Gasteiger partial charge in [0.05, 0.1) is 5.52 Å². The summed E-state index contributed by atoms with van der Waals surface area (Å²) in [7, 11) is 0. The second kappa shape index (κ2) is 4.24. The van der Waals surface area contributed by atoms with Gasteiger partial charge in [0.15, 0.2) is 0 Å². The third kappa shape index (κ3) is 1.56. The largest absolute Gasteiger partial charge is 0.354 e. The molecule has 1 aromatic heterocycles. The lowest BCUT2D eigenvalue weighted by molar-refractivity contribution is 1.41. The molecule has 96 valence electrons. The van der Waals surface area contributed by atoms with Crippen LogP contribution in [0.15, 0.2) is 66.7 Å². The van der Waals surface area contributed by atoms with Crippen molar-refractivity contribution in [3.63, 3.8) is 0 Å². The Morgan fingerprint density at radius 1 is 0.700 bits per heavy atom. The number of benzene rings is 3. The molecule has 20 heavy (non-hydrogen) atoms. The van der Waals surface area contributed by atoms with Crippen LogP contribution in [0.3, 0.4) is 0 Å². The second-order valence-corrected chi connectivity index (χ2v) is 5.20. The number of hydrogen-bond donors (Lipinski definition) is 1. The SMILES string of the molecule is Cc1c(-c2ccccc2)[nH]c2c1ccc1ccccc12. The van der Waals surface area contributed by atoms with Gasteiger partial charge in [0.25, 0.3) is 0 Å². The molecule has 3 aromatic carbocycles. The fourth-order valence-corrected chi connectivity index (χ4v) is 2.97. The van der Waals surface area contributed by atoms with Crippen molar-refractivity contribution in [1.82, 2.24) is 4.98 Å². The highest BCUT2D eigenvalue weighted by atomic mass is 14.7. The highest BCUT2D eigenvalue weighted by molar-refractivity contribution is 6.08. The summed E-state index contributed by atoms with van der Waals surface area (Å²) in [5, 5.41) is 3.87. The van der Waals surface area contributed by atoms with Gasteiger partial charge in [-0.25, -0.2) is 0 Å². The maximum atomic E-state index is 3.62. The molecular weight excluding hydrogens is 242 g/mol. The minimum Gasteiger partial charge on any atom is -0.354 e. The highest BCUT2D eigenvalue weighted by Gasteiger charge is 2.11. The van der Waals surface area contributed by atoms with Crippen molar-refractivity contribution in [3.8, 4) is 11.3 Å². The number of fused-ring (bicyclic) bond motifs is 3. The van der Waals surface area contributed by atoms with Crippen molar-refractivity contribution < 1.29 is 0 Å². The molecule has 0 saturated heterocycles. The Kier molecular flexibility index (Phi) is 2.40. The molecule has 1 heteroatoms.